The average Bonchev–Trinajstić information content (AvgIpc) is 3.09. The first-order valence-electron chi connectivity index (χ1n) is 10.0. The standard InChI is InChI=1S/C23H24BrN3O3S2/c1-4-13-26(14-5-2)32(29,30)19-10-7-17(8-11-19)22(28)25-23-27(15-6-3)20-12-9-18(24)16-21(20)31-23/h4-5,7-12,16H,1-2,6,13-15H2,3H3. The van der Waals surface area contributed by atoms with E-state index in [1.165, 1.54) is 52.1 Å². The van der Waals surface area contributed by atoms with Crippen molar-refractivity contribution in [2.24, 2.45) is 4.99 Å². The summed E-state index contributed by atoms with van der Waals surface area (Å²) in [7, 11) is -3.72. The maximum Gasteiger partial charge on any atom is 0.279 e. The van der Waals surface area contributed by atoms with Crippen LogP contribution >= 0.6 is 27.3 Å². The highest BCUT2D eigenvalue weighted by Crippen LogP contribution is 2.23. The maximum atomic E-state index is 12.8. The van der Waals surface area contributed by atoms with Gasteiger partial charge in [0, 0.05) is 29.7 Å². The lowest BCUT2D eigenvalue weighted by molar-refractivity contribution is 0.0997. The first-order valence-corrected chi connectivity index (χ1v) is 13.1. The third kappa shape index (κ3) is 5.17. The minimum atomic E-state index is -3.72. The summed E-state index contributed by atoms with van der Waals surface area (Å²) in [6.07, 6.45) is 3.95. The third-order valence-corrected chi connectivity index (χ3v) is 8.07. The van der Waals surface area contributed by atoms with Crippen LogP contribution in [0.3, 0.4) is 0 Å². The molecule has 2 aromatic carbocycles. The Morgan fingerprint density at radius 1 is 1.16 bits per heavy atom. The first kappa shape index (κ1) is 24.3. The molecule has 0 saturated heterocycles. The molecule has 0 bridgehead atoms. The second-order valence-electron chi connectivity index (χ2n) is 6.99. The first-order chi connectivity index (χ1) is 15.3. The number of fused-ring (bicyclic) bond motifs is 1. The summed E-state index contributed by atoms with van der Waals surface area (Å²) in [5.41, 5.74) is 1.35. The summed E-state index contributed by atoms with van der Waals surface area (Å²) < 4.78 is 31.0. The van der Waals surface area contributed by atoms with Gasteiger partial charge in [0.1, 0.15) is 0 Å². The van der Waals surface area contributed by atoms with E-state index in [2.05, 4.69) is 41.0 Å². The van der Waals surface area contributed by atoms with Gasteiger partial charge >= 0.3 is 0 Å². The zero-order valence-corrected chi connectivity index (χ0v) is 20.9. The van der Waals surface area contributed by atoms with Gasteiger partial charge in [0.25, 0.3) is 5.91 Å². The predicted octanol–water partition coefficient (Wildman–Crippen LogP) is 4.98. The van der Waals surface area contributed by atoms with Gasteiger partial charge in [-0.1, -0.05) is 46.3 Å². The molecule has 9 heteroatoms. The monoisotopic (exact) mass is 533 g/mol. The Morgan fingerprint density at radius 2 is 1.81 bits per heavy atom. The molecule has 0 aliphatic heterocycles. The van der Waals surface area contributed by atoms with Crippen LogP contribution in [0.5, 0.6) is 0 Å². The van der Waals surface area contributed by atoms with Crippen LogP contribution in [0.25, 0.3) is 10.2 Å². The maximum absolute atomic E-state index is 12.8. The van der Waals surface area contributed by atoms with Crippen molar-refractivity contribution in [2.75, 3.05) is 13.1 Å². The van der Waals surface area contributed by atoms with Crippen molar-refractivity contribution in [3.8, 4) is 0 Å². The zero-order valence-electron chi connectivity index (χ0n) is 17.7. The third-order valence-electron chi connectivity index (χ3n) is 4.69. The number of rotatable bonds is 9. The number of aromatic nitrogens is 1. The molecule has 1 aromatic heterocycles. The van der Waals surface area contributed by atoms with E-state index in [0.29, 0.717) is 10.4 Å². The number of sulfonamides is 1. The van der Waals surface area contributed by atoms with Crippen LogP contribution in [0.15, 0.2) is 82.1 Å². The highest BCUT2D eigenvalue weighted by atomic mass is 79.9. The smallest absolute Gasteiger partial charge is 0.279 e. The van der Waals surface area contributed by atoms with Gasteiger partial charge < -0.3 is 4.57 Å². The summed E-state index contributed by atoms with van der Waals surface area (Å²) >= 11 is 4.93. The largest absolute Gasteiger partial charge is 0.316 e. The van der Waals surface area contributed by atoms with Crippen LogP contribution in [-0.2, 0) is 16.6 Å². The zero-order chi connectivity index (χ0) is 23.3. The minimum Gasteiger partial charge on any atom is -0.316 e. The molecular weight excluding hydrogens is 510 g/mol. The number of carbonyl (C=O) groups excluding carboxylic acids is 1. The fourth-order valence-corrected chi connectivity index (χ4v) is 6.19. The topological polar surface area (TPSA) is 71.7 Å². The summed E-state index contributed by atoms with van der Waals surface area (Å²) in [5.74, 6) is -0.418. The van der Waals surface area contributed by atoms with Crippen molar-refractivity contribution in [3.63, 3.8) is 0 Å². The fraction of sp³-hybridized carbons (Fsp3) is 0.217. The highest BCUT2D eigenvalue weighted by molar-refractivity contribution is 9.10. The van der Waals surface area contributed by atoms with E-state index in [4.69, 9.17) is 0 Å². The number of hydrogen-bond acceptors (Lipinski definition) is 4. The summed E-state index contributed by atoms with van der Waals surface area (Å²) in [4.78, 5) is 17.9. The number of halogens is 1. The van der Waals surface area contributed by atoms with Crippen LogP contribution in [-0.4, -0.2) is 36.3 Å². The Hall–Kier alpha value is -2.33. The molecule has 6 nitrogen and oxygen atoms in total. The Bertz CT molecular complexity index is 1310. The molecule has 1 heterocycles. The lowest BCUT2D eigenvalue weighted by Gasteiger charge is -2.19. The van der Waals surface area contributed by atoms with Gasteiger partial charge in [-0.05, 0) is 48.9 Å². The number of thiazole rings is 1. The van der Waals surface area contributed by atoms with Crippen molar-refractivity contribution < 1.29 is 13.2 Å². The molecule has 0 spiro atoms. The molecule has 3 rings (SSSR count). The summed E-state index contributed by atoms with van der Waals surface area (Å²) in [5, 5.41) is 0. The van der Waals surface area contributed by atoms with Crippen molar-refractivity contribution in [3.05, 3.63) is 82.6 Å². The van der Waals surface area contributed by atoms with Gasteiger partial charge in [-0.15, -0.1) is 13.2 Å². The second kappa shape index (κ2) is 10.5. The number of aryl methyl sites for hydroxylation is 1. The number of hydrogen-bond donors (Lipinski definition) is 0. The van der Waals surface area contributed by atoms with Crippen LogP contribution in [0.1, 0.15) is 23.7 Å². The lowest BCUT2D eigenvalue weighted by Crippen LogP contribution is -2.31. The number of amides is 1. The molecule has 0 radical (unpaired) electrons. The van der Waals surface area contributed by atoms with E-state index in [9.17, 15) is 13.2 Å². The van der Waals surface area contributed by atoms with Gasteiger partial charge in [-0.25, -0.2) is 8.42 Å². The van der Waals surface area contributed by atoms with Crippen LogP contribution in [0.2, 0.25) is 0 Å². The molecule has 0 fully saturated rings. The molecular formula is C23H24BrN3O3S2. The molecule has 0 saturated carbocycles. The van der Waals surface area contributed by atoms with Gasteiger partial charge in [-0.3, -0.25) is 4.79 Å². The molecule has 32 heavy (non-hydrogen) atoms. The quantitative estimate of drug-likeness (QED) is 0.364. The molecule has 0 aliphatic rings. The number of carbonyl (C=O) groups is 1. The highest BCUT2D eigenvalue weighted by Gasteiger charge is 2.22. The van der Waals surface area contributed by atoms with Crippen LogP contribution < -0.4 is 4.80 Å². The van der Waals surface area contributed by atoms with Crippen molar-refractivity contribution in [1.82, 2.24) is 8.87 Å². The minimum absolute atomic E-state index is 0.102. The van der Waals surface area contributed by atoms with Gasteiger partial charge in [-0.2, -0.15) is 9.30 Å². The van der Waals surface area contributed by atoms with Crippen LogP contribution in [0.4, 0.5) is 0 Å². The Kier molecular flexibility index (Phi) is 8.00. The van der Waals surface area contributed by atoms with Gasteiger partial charge in [0.2, 0.25) is 10.0 Å². The Morgan fingerprint density at radius 3 is 2.41 bits per heavy atom. The van der Waals surface area contributed by atoms with E-state index in [1.807, 2.05) is 22.8 Å². The average molecular weight is 535 g/mol. The van der Waals surface area contributed by atoms with Crippen molar-refractivity contribution in [2.45, 2.75) is 24.8 Å². The molecule has 0 N–H and O–H groups in total. The summed E-state index contributed by atoms with van der Waals surface area (Å²) in [6.45, 7) is 10.4. The molecule has 0 aliphatic carbocycles. The molecule has 1 amide bonds. The van der Waals surface area contributed by atoms with E-state index in [-0.39, 0.29) is 18.0 Å². The normalized spacial score (nSPS) is 12.4. The van der Waals surface area contributed by atoms with Crippen molar-refractivity contribution >= 4 is 53.4 Å². The van der Waals surface area contributed by atoms with Gasteiger partial charge in [0.05, 0.1) is 15.1 Å². The van der Waals surface area contributed by atoms with Crippen LogP contribution in [0, 0.1) is 0 Å². The molecule has 0 unspecified atom stereocenters. The summed E-state index contributed by atoms with van der Waals surface area (Å²) in [6, 6.07) is 11.8. The van der Waals surface area contributed by atoms with E-state index in [1.54, 1.807) is 0 Å². The van der Waals surface area contributed by atoms with E-state index < -0.39 is 15.9 Å². The Balaban J connectivity index is 1.96. The molecule has 168 valence electrons. The van der Waals surface area contributed by atoms with E-state index in [0.717, 1.165) is 27.7 Å². The fourth-order valence-electron chi connectivity index (χ4n) is 3.20. The van der Waals surface area contributed by atoms with Gasteiger partial charge in [0.15, 0.2) is 4.80 Å². The van der Waals surface area contributed by atoms with Crippen molar-refractivity contribution in [1.29, 1.82) is 0 Å². The Labute approximate surface area is 200 Å². The number of benzene rings is 2. The van der Waals surface area contributed by atoms with E-state index >= 15 is 0 Å². The number of nitrogens with zero attached hydrogens (tertiary/aromatic N) is 3. The predicted molar refractivity (Wildman–Crippen MR) is 133 cm³/mol. The SMILES string of the molecule is C=CCN(CC=C)S(=O)(=O)c1ccc(C(=O)N=c2sc3cc(Br)ccc3n2CCC)cc1. The molecule has 0 atom stereocenters. The second-order valence-corrected chi connectivity index (χ2v) is 10.9. The molecule has 3 aromatic rings. The lowest BCUT2D eigenvalue weighted by atomic mass is 10.2.